The molecule has 168 valence electrons. The minimum Gasteiger partial charge on any atom is -0.354 e. The predicted octanol–water partition coefficient (Wildman–Crippen LogP) is 1.74. The smallest absolute Gasteiger partial charge is 0.244 e. The number of benzene rings is 2. The van der Waals surface area contributed by atoms with E-state index in [2.05, 4.69) is 15.4 Å². The van der Waals surface area contributed by atoms with Crippen LogP contribution < -0.4 is 15.4 Å². The molecule has 3 N–H and O–H groups in total. The number of nitrogens with one attached hydrogen (secondary N) is 3. The summed E-state index contributed by atoms with van der Waals surface area (Å²) in [5, 5.41) is 5.14. The summed E-state index contributed by atoms with van der Waals surface area (Å²) in [5.74, 6) is -2.71. The summed E-state index contributed by atoms with van der Waals surface area (Å²) < 4.78 is 54.2. The summed E-state index contributed by atoms with van der Waals surface area (Å²) in [5.41, 5.74) is 0.518. The van der Waals surface area contributed by atoms with Crippen molar-refractivity contribution in [3.8, 4) is 0 Å². The average Bonchev–Trinajstić information content (AvgIpc) is 2.69. The van der Waals surface area contributed by atoms with E-state index in [4.69, 9.17) is 0 Å². The molecule has 0 radical (unpaired) electrons. The SMILES string of the molecule is CC(C)[C@H](NS(=O)(=O)c1ccccc1F)C(=O)NCCNC(=O)Cc1cccc(F)c1. The molecule has 2 amide bonds. The van der Waals surface area contributed by atoms with Crippen LogP contribution in [0.5, 0.6) is 0 Å². The van der Waals surface area contributed by atoms with Crippen molar-refractivity contribution in [2.75, 3.05) is 13.1 Å². The summed E-state index contributed by atoms with van der Waals surface area (Å²) in [6, 6.07) is 9.42. The molecule has 2 aromatic carbocycles. The largest absolute Gasteiger partial charge is 0.354 e. The van der Waals surface area contributed by atoms with Crippen molar-refractivity contribution in [3.63, 3.8) is 0 Å². The van der Waals surface area contributed by atoms with E-state index >= 15 is 0 Å². The molecule has 0 aliphatic heterocycles. The summed E-state index contributed by atoms with van der Waals surface area (Å²) in [6.07, 6.45) is -0.0111. The zero-order valence-electron chi connectivity index (χ0n) is 17.2. The molecule has 7 nitrogen and oxygen atoms in total. The van der Waals surface area contributed by atoms with Gasteiger partial charge in [0.25, 0.3) is 0 Å². The van der Waals surface area contributed by atoms with Crippen LogP contribution in [-0.2, 0) is 26.0 Å². The Kier molecular flexibility index (Phi) is 8.64. The summed E-state index contributed by atoms with van der Waals surface area (Å²) in [4.78, 5) is 23.8. The van der Waals surface area contributed by atoms with Gasteiger partial charge in [-0.25, -0.2) is 17.2 Å². The number of hydrogen-bond donors (Lipinski definition) is 3. The molecule has 1 atom stereocenters. The second kappa shape index (κ2) is 11.0. The van der Waals surface area contributed by atoms with Crippen molar-refractivity contribution in [2.45, 2.75) is 31.2 Å². The normalized spacial score (nSPS) is 12.4. The van der Waals surface area contributed by atoms with Crippen molar-refractivity contribution in [1.82, 2.24) is 15.4 Å². The summed E-state index contributed by atoms with van der Waals surface area (Å²) in [7, 11) is -4.25. The second-order valence-corrected chi connectivity index (χ2v) is 8.90. The highest BCUT2D eigenvalue weighted by atomic mass is 32.2. The Hall–Kier alpha value is -2.85. The molecule has 31 heavy (non-hydrogen) atoms. The maximum absolute atomic E-state index is 13.9. The van der Waals surface area contributed by atoms with Crippen LogP contribution in [0.2, 0.25) is 0 Å². The van der Waals surface area contributed by atoms with Crippen LogP contribution in [0.4, 0.5) is 8.78 Å². The Balaban J connectivity index is 1.87. The lowest BCUT2D eigenvalue weighted by Crippen LogP contribution is -2.50. The van der Waals surface area contributed by atoms with Crippen LogP contribution in [-0.4, -0.2) is 39.4 Å². The minimum atomic E-state index is -4.25. The molecular formula is C21H25F2N3O4S. The highest BCUT2D eigenvalue weighted by Gasteiger charge is 2.29. The van der Waals surface area contributed by atoms with E-state index in [1.165, 1.54) is 30.3 Å². The van der Waals surface area contributed by atoms with Crippen LogP contribution >= 0.6 is 0 Å². The molecule has 0 saturated heterocycles. The van der Waals surface area contributed by atoms with E-state index in [-0.39, 0.29) is 25.4 Å². The molecule has 0 spiro atoms. The molecule has 0 aromatic heterocycles. The van der Waals surface area contributed by atoms with Crippen LogP contribution in [0.1, 0.15) is 19.4 Å². The van der Waals surface area contributed by atoms with E-state index in [0.29, 0.717) is 5.56 Å². The molecule has 0 unspecified atom stereocenters. The van der Waals surface area contributed by atoms with Crippen LogP contribution in [0.15, 0.2) is 53.4 Å². The van der Waals surface area contributed by atoms with Gasteiger partial charge in [-0.1, -0.05) is 38.1 Å². The monoisotopic (exact) mass is 453 g/mol. The fourth-order valence-electron chi connectivity index (χ4n) is 2.78. The van der Waals surface area contributed by atoms with Gasteiger partial charge in [-0.05, 0) is 35.7 Å². The van der Waals surface area contributed by atoms with Gasteiger partial charge in [0, 0.05) is 13.1 Å². The fourth-order valence-corrected chi connectivity index (χ4v) is 4.20. The zero-order valence-corrected chi connectivity index (χ0v) is 18.0. The van der Waals surface area contributed by atoms with Gasteiger partial charge in [0.2, 0.25) is 21.8 Å². The predicted molar refractivity (Wildman–Crippen MR) is 111 cm³/mol. The lowest BCUT2D eigenvalue weighted by molar-refractivity contribution is -0.124. The Morgan fingerprint density at radius 1 is 0.968 bits per heavy atom. The van der Waals surface area contributed by atoms with Crippen molar-refractivity contribution >= 4 is 21.8 Å². The molecule has 2 rings (SSSR count). The first-order chi connectivity index (χ1) is 14.6. The number of hydrogen-bond acceptors (Lipinski definition) is 4. The van der Waals surface area contributed by atoms with Crippen LogP contribution in [0, 0.1) is 17.6 Å². The lowest BCUT2D eigenvalue weighted by atomic mass is 10.1. The number of rotatable bonds is 10. The molecule has 0 saturated carbocycles. The maximum Gasteiger partial charge on any atom is 0.244 e. The van der Waals surface area contributed by atoms with Gasteiger partial charge in [0.15, 0.2) is 0 Å². The molecule has 0 aliphatic rings. The van der Waals surface area contributed by atoms with E-state index in [1.807, 2.05) is 0 Å². The van der Waals surface area contributed by atoms with Gasteiger partial charge in [0.05, 0.1) is 6.42 Å². The Bertz CT molecular complexity index is 1030. The Labute approximate surface area is 180 Å². The van der Waals surface area contributed by atoms with E-state index in [0.717, 1.165) is 12.1 Å². The third-order valence-electron chi connectivity index (χ3n) is 4.36. The standard InChI is InChI=1S/C21H25F2N3O4S/c1-14(2)20(26-31(29,30)18-9-4-3-8-17(18)23)21(28)25-11-10-24-19(27)13-15-6-5-7-16(22)12-15/h3-9,12,14,20,26H,10-11,13H2,1-2H3,(H,24,27)(H,25,28)/t20-/m0/s1. The molecule has 10 heteroatoms. The van der Waals surface area contributed by atoms with Gasteiger partial charge in [-0.2, -0.15) is 4.72 Å². The molecule has 0 heterocycles. The first-order valence-corrected chi connectivity index (χ1v) is 11.1. The van der Waals surface area contributed by atoms with Crippen molar-refractivity contribution in [3.05, 3.63) is 65.7 Å². The number of carbonyl (C=O) groups is 2. The highest BCUT2D eigenvalue weighted by molar-refractivity contribution is 7.89. The first-order valence-electron chi connectivity index (χ1n) is 9.66. The Morgan fingerprint density at radius 3 is 2.29 bits per heavy atom. The number of carbonyl (C=O) groups excluding carboxylic acids is 2. The number of amides is 2. The zero-order chi connectivity index (χ0) is 23.0. The Morgan fingerprint density at radius 2 is 1.65 bits per heavy atom. The van der Waals surface area contributed by atoms with Gasteiger partial charge in [-0.3, -0.25) is 9.59 Å². The third-order valence-corrected chi connectivity index (χ3v) is 5.83. The molecule has 0 fully saturated rings. The van der Waals surface area contributed by atoms with Crippen LogP contribution in [0.25, 0.3) is 0 Å². The van der Waals surface area contributed by atoms with E-state index in [9.17, 15) is 26.8 Å². The van der Waals surface area contributed by atoms with Crippen molar-refractivity contribution in [1.29, 1.82) is 0 Å². The van der Waals surface area contributed by atoms with E-state index < -0.39 is 44.4 Å². The van der Waals surface area contributed by atoms with Gasteiger partial charge >= 0.3 is 0 Å². The summed E-state index contributed by atoms with van der Waals surface area (Å²) >= 11 is 0. The van der Waals surface area contributed by atoms with Gasteiger partial charge in [0.1, 0.15) is 22.6 Å². The van der Waals surface area contributed by atoms with Gasteiger partial charge < -0.3 is 10.6 Å². The molecular weight excluding hydrogens is 428 g/mol. The van der Waals surface area contributed by atoms with Crippen LogP contribution in [0.3, 0.4) is 0 Å². The topological polar surface area (TPSA) is 104 Å². The third kappa shape index (κ3) is 7.41. The number of sulfonamides is 1. The first kappa shape index (κ1) is 24.4. The number of halogens is 2. The molecule has 2 aromatic rings. The minimum absolute atomic E-state index is 0.0111. The van der Waals surface area contributed by atoms with E-state index in [1.54, 1.807) is 19.9 Å². The fraction of sp³-hybridized carbons (Fsp3) is 0.333. The summed E-state index contributed by atoms with van der Waals surface area (Å²) in [6.45, 7) is 3.45. The van der Waals surface area contributed by atoms with Crippen molar-refractivity contribution in [2.24, 2.45) is 5.92 Å². The quantitative estimate of drug-likeness (QED) is 0.477. The lowest BCUT2D eigenvalue weighted by Gasteiger charge is -2.22. The van der Waals surface area contributed by atoms with Crippen molar-refractivity contribution < 1.29 is 26.8 Å². The highest BCUT2D eigenvalue weighted by Crippen LogP contribution is 2.15. The van der Waals surface area contributed by atoms with Gasteiger partial charge in [-0.15, -0.1) is 0 Å². The molecule has 0 aliphatic carbocycles. The maximum atomic E-state index is 13.9. The average molecular weight is 454 g/mol. The second-order valence-electron chi connectivity index (χ2n) is 7.22. The molecule has 0 bridgehead atoms.